The Morgan fingerprint density at radius 3 is 2.43 bits per heavy atom. The van der Waals surface area contributed by atoms with Gasteiger partial charge in [0.15, 0.2) is 5.96 Å². The van der Waals surface area contributed by atoms with Crippen LogP contribution in [0.5, 0.6) is 0 Å². The molecular weight excluding hydrogens is 372 g/mol. The first kappa shape index (κ1) is 21.4. The summed E-state index contributed by atoms with van der Waals surface area (Å²) in [6, 6.07) is 8.67. The highest BCUT2D eigenvalue weighted by atomic mass is 32.2. The summed E-state index contributed by atoms with van der Waals surface area (Å²) in [5, 5.41) is 7.04. The number of hydrogen-bond donors (Lipinski definition) is 2. The Labute approximate surface area is 173 Å². The highest BCUT2D eigenvalue weighted by Crippen LogP contribution is 2.32. The maximum Gasteiger partial charge on any atom is 0.191 e. The first-order chi connectivity index (χ1) is 13.7. The minimum Gasteiger partial charge on any atom is -0.381 e. The summed E-state index contributed by atoms with van der Waals surface area (Å²) in [6.45, 7) is 8.04. The zero-order valence-corrected chi connectivity index (χ0v) is 18.0. The lowest BCUT2D eigenvalue weighted by molar-refractivity contribution is 0.0341. The van der Waals surface area contributed by atoms with Crippen LogP contribution in [0.4, 0.5) is 0 Å². The molecule has 0 radical (unpaired) electrons. The van der Waals surface area contributed by atoms with Gasteiger partial charge in [0.25, 0.3) is 0 Å². The van der Waals surface area contributed by atoms with Gasteiger partial charge in [0, 0.05) is 57.7 Å². The summed E-state index contributed by atoms with van der Waals surface area (Å²) >= 11 is 1.94. The zero-order chi connectivity index (χ0) is 19.7. The van der Waals surface area contributed by atoms with Crippen LogP contribution < -0.4 is 10.6 Å². The molecule has 2 saturated heterocycles. The second-order valence-corrected chi connectivity index (χ2v) is 8.71. The number of thioether (sulfide) groups is 1. The fourth-order valence-corrected chi connectivity index (χ4v) is 4.52. The van der Waals surface area contributed by atoms with E-state index in [0.717, 1.165) is 78.0 Å². The number of nitrogens with zero attached hydrogens (tertiary/aromatic N) is 2. The summed E-state index contributed by atoms with van der Waals surface area (Å²) in [7, 11) is 1.84. The van der Waals surface area contributed by atoms with Crippen LogP contribution in [0, 0.1) is 0 Å². The summed E-state index contributed by atoms with van der Waals surface area (Å²) in [6.07, 6.45) is 4.37. The number of aliphatic imine (C=N–C) groups is 1. The Bertz CT molecular complexity index is 629. The van der Waals surface area contributed by atoms with Crippen molar-refractivity contribution in [3.8, 4) is 0 Å². The molecule has 0 bridgehead atoms. The van der Waals surface area contributed by atoms with E-state index >= 15 is 0 Å². The maximum absolute atomic E-state index is 5.54. The summed E-state index contributed by atoms with van der Waals surface area (Å²) in [4.78, 5) is 6.89. The van der Waals surface area contributed by atoms with E-state index in [2.05, 4.69) is 51.0 Å². The van der Waals surface area contributed by atoms with Gasteiger partial charge in [0.05, 0.1) is 13.2 Å². The molecule has 2 heterocycles. The van der Waals surface area contributed by atoms with Crippen LogP contribution >= 0.6 is 11.8 Å². The number of guanidine groups is 1. The average Bonchev–Trinajstić information content (AvgIpc) is 2.76. The van der Waals surface area contributed by atoms with Gasteiger partial charge in [-0.1, -0.05) is 24.3 Å². The molecule has 2 fully saturated rings. The number of benzene rings is 1. The van der Waals surface area contributed by atoms with E-state index in [1.807, 2.05) is 18.8 Å². The van der Waals surface area contributed by atoms with Crippen LogP contribution in [-0.2, 0) is 22.6 Å². The smallest absolute Gasteiger partial charge is 0.191 e. The zero-order valence-electron chi connectivity index (χ0n) is 17.2. The van der Waals surface area contributed by atoms with Gasteiger partial charge in [-0.25, -0.2) is 0 Å². The predicted molar refractivity (Wildman–Crippen MR) is 117 cm³/mol. The number of ether oxygens (including phenoxy) is 2. The van der Waals surface area contributed by atoms with Crippen LogP contribution in [0.15, 0.2) is 29.3 Å². The van der Waals surface area contributed by atoms with Crippen LogP contribution in [0.25, 0.3) is 0 Å². The van der Waals surface area contributed by atoms with E-state index in [0.29, 0.717) is 0 Å². The van der Waals surface area contributed by atoms with Crippen molar-refractivity contribution in [2.24, 2.45) is 4.99 Å². The SMILES string of the molecule is CN=C(NCc1ccccc1CN1CCOCC1)NCC1(SC)CCOCC1. The second kappa shape index (κ2) is 11.0. The van der Waals surface area contributed by atoms with Crippen molar-refractivity contribution in [3.63, 3.8) is 0 Å². The highest BCUT2D eigenvalue weighted by molar-refractivity contribution is 8.00. The van der Waals surface area contributed by atoms with Crippen molar-refractivity contribution in [1.82, 2.24) is 15.5 Å². The largest absolute Gasteiger partial charge is 0.381 e. The highest BCUT2D eigenvalue weighted by Gasteiger charge is 2.31. The molecule has 3 rings (SSSR count). The molecule has 156 valence electrons. The lowest BCUT2D eigenvalue weighted by Gasteiger charge is -2.36. The topological polar surface area (TPSA) is 58.1 Å². The van der Waals surface area contributed by atoms with Crippen molar-refractivity contribution < 1.29 is 9.47 Å². The molecule has 0 atom stereocenters. The molecule has 1 aromatic rings. The molecule has 0 amide bonds. The van der Waals surface area contributed by atoms with Crippen LogP contribution in [0.2, 0.25) is 0 Å². The van der Waals surface area contributed by atoms with Crippen LogP contribution in [-0.4, -0.2) is 75.0 Å². The quantitative estimate of drug-likeness (QED) is 0.534. The van der Waals surface area contributed by atoms with Gasteiger partial charge in [-0.05, 0) is 30.2 Å². The fourth-order valence-electron chi connectivity index (χ4n) is 3.73. The molecule has 1 aromatic carbocycles. The van der Waals surface area contributed by atoms with E-state index < -0.39 is 0 Å². The van der Waals surface area contributed by atoms with Gasteiger partial charge in [0.2, 0.25) is 0 Å². The summed E-state index contributed by atoms with van der Waals surface area (Å²) < 4.78 is 11.2. The van der Waals surface area contributed by atoms with Gasteiger partial charge in [-0.3, -0.25) is 9.89 Å². The standard InChI is InChI=1S/C21H34N4O2S/c1-22-20(24-17-21(28-2)7-11-26-12-8-21)23-15-18-5-3-4-6-19(18)16-25-9-13-27-14-10-25/h3-6H,7-17H2,1-2H3,(H2,22,23,24). The molecule has 0 aromatic heterocycles. The Kier molecular flexibility index (Phi) is 8.45. The Morgan fingerprint density at radius 2 is 1.75 bits per heavy atom. The Balaban J connectivity index is 1.53. The van der Waals surface area contributed by atoms with Gasteiger partial charge >= 0.3 is 0 Å². The lowest BCUT2D eigenvalue weighted by atomic mass is 9.99. The predicted octanol–water partition coefficient (Wildman–Crippen LogP) is 2.10. The minimum atomic E-state index is 0.240. The second-order valence-electron chi connectivity index (χ2n) is 7.44. The van der Waals surface area contributed by atoms with Crippen molar-refractivity contribution >= 4 is 17.7 Å². The first-order valence-electron chi connectivity index (χ1n) is 10.2. The van der Waals surface area contributed by atoms with Crippen LogP contribution in [0.1, 0.15) is 24.0 Å². The van der Waals surface area contributed by atoms with Crippen molar-refractivity contribution in [2.75, 3.05) is 59.4 Å². The van der Waals surface area contributed by atoms with E-state index in [1.165, 1.54) is 11.1 Å². The van der Waals surface area contributed by atoms with Crippen molar-refractivity contribution in [2.45, 2.75) is 30.7 Å². The Hall–Kier alpha value is -1.28. The molecular formula is C21H34N4O2S. The van der Waals surface area contributed by atoms with Crippen molar-refractivity contribution in [1.29, 1.82) is 0 Å². The van der Waals surface area contributed by atoms with E-state index in [9.17, 15) is 0 Å². The molecule has 0 unspecified atom stereocenters. The third-order valence-electron chi connectivity index (χ3n) is 5.70. The van der Waals surface area contributed by atoms with Gasteiger partial charge in [-0.15, -0.1) is 0 Å². The third kappa shape index (κ3) is 6.11. The molecule has 0 saturated carbocycles. The molecule has 6 nitrogen and oxygen atoms in total. The number of morpholine rings is 1. The fraction of sp³-hybridized carbons (Fsp3) is 0.667. The van der Waals surface area contributed by atoms with E-state index in [1.54, 1.807) is 0 Å². The molecule has 0 spiro atoms. The van der Waals surface area contributed by atoms with Gasteiger partial charge in [-0.2, -0.15) is 11.8 Å². The van der Waals surface area contributed by atoms with Crippen molar-refractivity contribution in [3.05, 3.63) is 35.4 Å². The summed E-state index contributed by atoms with van der Waals surface area (Å²) in [5.74, 6) is 0.862. The molecule has 2 N–H and O–H groups in total. The lowest BCUT2D eigenvalue weighted by Crippen LogP contribution is -2.47. The van der Waals surface area contributed by atoms with E-state index in [-0.39, 0.29) is 4.75 Å². The summed E-state index contributed by atoms with van der Waals surface area (Å²) in [5.41, 5.74) is 2.69. The first-order valence-corrected chi connectivity index (χ1v) is 11.4. The Morgan fingerprint density at radius 1 is 1.07 bits per heavy atom. The molecule has 2 aliphatic rings. The normalized spacial score (nSPS) is 20.7. The molecule has 2 aliphatic heterocycles. The average molecular weight is 407 g/mol. The monoisotopic (exact) mass is 406 g/mol. The number of nitrogens with one attached hydrogen (secondary N) is 2. The molecule has 0 aliphatic carbocycles. The molecule has 7 heteroatoms. The molecule has 28 heavy (non-hydrogen) atoms. The minimum absolute atomic E-state index is 0.240. The van der Waals surface area contributed by atoms with E-state index in [4.69, 9.17) is 9.47 Å². The third-order valence-corrected chi connectivity index (χ3v) is 7.12. The number of hydrogen-bond acceptors (Lipinski definition) is 5. The maximum atomic E-state index is 5.54. The van der Waals surface area contributed by atoms with Gasteiger partial charge < -0.3 is 20.1 Å². The van der Waals surface area contributed by atoms with Crippen LogP contribution in [0.3, 0.4) is 0 Å². The van der Waals surface area contributed by atoms with Gasteiger partial charge in [0.1, 0.15) is 0 Å². The number of rotatable bonds is 7.